The zero-order chi connectivity index (χ0) is 25.9. The van der Waals surface area contributed by atoms with Crippen LogP contribution < -0.4 is 4.74 Å². The van der Waals surface area contributed by atoms with Crippen LogP contribution >= 0.6 is 0 Å². The van der Waals surface area contributed by atoms with E-state index in [-0.39, 0.29) is 11.3 Å². The maximum Gasteiger partial charge on any atom is 0.295 e. The third kappa shape index (κ3) is 4.60. The number of aliphatic hydroxyl groups is 1. The Morgan fingerprint density at radius 2 is 1.65 bits per heavy atom. The molecule has 1 fully saturated rings. The summed E-state index contributed by atoms with van der Waals surface area (Å²) in [6, 6.07) is 28.3. The van der Waals surface area contributed by atoms with Gasteiger partial charge in [-0.15, -0.1) is 0 Å². The van der Waals surface area contributed by atoms with Crippen LogP contribution in [0.3, 0.4) is 0 Å². The van der Waals surface area contributed by atoms with Crippen LogP contribution in [0.15, 0.2) is 96.6 Å². The molecule has 0 aliphatic carbocycles. The van der Waals surface area contributed by atoms with Gasteiger partial charge in [-0.05, 0) is 59.0 Å². The molecular formula is C32H29NO4. The molecule has 1 heterocycles. The van der Waals surface area contributed by atoms with Crippen LogP contribution in [0.5, 0.6) is 5.75 Å². The molecule has 0 spiro atoms. The molecule has 4 aromatic carbocycles. The molecule has 0 radical (unpaired) electrons. The first-order valence-corrected chi connectivity index (χ1v) is 12.5. The SMILES string of the molecule is CCCN1C(=O)C(=O)/C(=C(\O)c2ccc(OCc3ccccc3)c(C)c2)C1c1cccc2ccccc12. The van der Waals surface area contributed by atoms with Gasteiger partial charge in [0.1, 0.15) is 18.1 Å². The number of aliphatic hydroxyl groups excluding tert-OH is 1. The Balaban J connectivity index is 1.56. The minimum absolute atomic E-state index is 0.118. The summed E-state index contributed by atoms with van der Waals surface area (Å²) in [4.78, 5) is 28.0. The molecular weight excluding hydrogens is 462 g/mol. The summed E-state index contributed by atoms with van der Waals surface area (Å²) < 4.78 is 5.98. The highest BCUT2D eigenvalue weighted by Gasteiger charge is 2.46. The lowest BCUT2D eigenvalue weighted by molar-refractivity contribution is -0.139. The molecule has 5 rings (SSSR count). The van der Waals surface area contributed by atoms with Crippen molar-refractivity contribution in [3.63, 3.8) is 0 Å². The van der Waals surface area contributed by atoms with Crippen LogP contribution in [0.2, 0.25) is 0 Å². The van der Waals surface area contributed by atoms with Gasteiger partial charge in [-0.25, -0.2) is 0 Å². The average molecular weight is 492 g/mol. The Morgan fingerprint density at radius 3 is 2.41 bits per heavy atom. The van der Waals surface area contributed by atoms with E-state index in [9.17, 15) is 14.7 Å². The third-order valence-electron chi connectivity index (χ3n) is 6.81. The number of likely N-dealkylation sites (tertiary alicyclic amines) is 1. The molecule has 1 aliphatic rings. The number of fused-ring (bicyclic) bond motifs is 1. The maximum atomic E-state index is 13.3. The smallest absolute Gasteiger partial charge is 0.295 e. The highest BCUT2D eigenvalue weighted by Crippen LogP contribution is 2.42. The largest absolute Gasteiger partial charge is 0.507 e. The molecule has 1 atom stereocenters. The number of Topliss-reactive ketones (excluding diaryl/α,β-unsaturated/α-hetero) is 1. The zero-order valence-corrected chi connectivity index (χ0v) is 21.0. The zero-order valence-electron chi connectivity index (χ0n) is 21.0. The molecule has 4 aromatic rings. The van der Waals surface area contributed by atoms with E-state index >= 15 is 0 Å². The molecule has 5 nitrogen and oxygen atoms in total. The van der Waals surface area contributed by atoms with Crippen molar-refractivity contribution >= 4 is 28.2 Å². The van der Waals surface area contributed by atoms with Gasteiger partial charge in [-0.3, -0.25) is 9.59 Å². The first-order chi connectivity index (χ1) is 18.0. The van der Waals surface area contributed by atoms with Gasteiger partial charge in [0.15, 0.2) is 0 Å². The van der Waals surface area contributed by atoms with Crippen LogP contribution in [0.1, 0.15) is 41.6 Å². The van der Waals surface area contributed by atoms with E-state index in [2.05, 4.69) is 0 Å². The predicted molar refractivity (Wildman–Crippen MR) is 145 cm³/mol. The summed E-state index contributed by atoms with van der Waals surface area (Å²) in [5, 5.41) is 13.4. The number of nitrogens with zero attached hydrogens (tertiary/aromatic N) is 1. The standard InChI is InChI=1S/C32H29NO4/c1-3-18-33-29(26-15-9-13-23-12-7-8-14-25(23)26)28(31(35)32(33)36)30(34)24-16-17-27(21(2)19-24)37-20-22-10-5-4-6-11-22/h4-17,19,29,34H,3,18,20H2,1-2H3/b30-28-. The van der Waals surface area contributed by atoms with E-state index in [1.165, 1.54) is 0 Å². The quantitative estimate of drug-likeness (QED) is 0.181. The Morgan fingerprint density at radius 1 is 0.919 bits per heavy atom. The number of rotatable bonds is 7. The number of benzene rings is 4. The van der Waals surface area contributed by atoms with E-state index in [0.717, 1.165) is 27.5 Å². The van der Waals surface area contributed by atoms with Gasteiger partial charge >= 0.3 is 0 Å². The molecule has 37 heavy (non-hydrogen) atoms. The van der Waals surface area contributed by atoms with Gasteiger partial charge < -0.3 is 14.7 Å². The van der Waals surface area contributed by atoms with Gasteiger partial charge in [0.05, 0.1) is 11.6 Å². The van der Waals surface area contributed by atoms with Gasteiger partial charge in [-0.1, -0.05) is 79.7 Å². The number of carbonyl (C=O) groups is 2. The minimum atomic E-state index is -0.666. The molecule has 0 bridgehead atoms. The fourth-order valence-electron chi connectivity index (χ4n) is 5.01. The number of carbonyl (C=O) groups excluding carboxylic acids is 2. The Labute approximate surface area is 216 Å². The summed E-state index contributed by atoms with van der Waals surface area (Å²) >= 11 is 0. The second-order valence-electron chi connectivity index (χ2n) is 9.32. The van der Waals surface area contributed by atoms with Crippen molar-refractivity contribution in [2.75, 3.05) is 6.54 Å². The highest BCUT2D eigenvalue weighted by molar-refractivity contribution is 6.46. The molecule has 186 valence electrons. The van der Waals surface area contributed by atoms with E-state index < -0.39 is 17.7 Å². The molecule has 0 aromatic heterocycles. The fraction of sp³-hybridized carbons (Fsp3) is 0.188. The topological polar surface area (TPSA) is 66.8 Å². The van der Waals surface area contributed by atoms with Crippen molar-refractivity contribution < 1.29 is 19.4 Å². The van der Waals surface area contributed by atoms with E-state index in [0.29, 0.717) is 30.9 Å². The van der Waals surface area contributed by atoms with Crippen LogP contribution in [0.25, 0.3) is 16.5 Å². The van der Waals surface area contributed by atoms with E-state index in [1.807, 2.05) is 86.6 Å². The van der Waals surface area contributed by atoms with Crippen molar-refractivity contribution in [1.82, 2.24) is 4.90 Å². The molecule has 1 N–H and O–H groups in total. The van der Waals surface area contributed by atoms with Crippen LogP contribution in [-0.2, 0) is 16.2 Å². The number of ketones is 1. The number of hydrogen-bond donors (Lipinski definition) is 1. The Hall–Kier alpha value is -4.38. The molecule has 0 saturated carbocycles. The number of amides is 1. The van der Waals surface area contributed by atoms with Crippen molar-refractivity contribution in [2.45, 2.75) is 32.9 Å². The second-order valence-corrected chi connectivity index (χ2v) is 9.32. The van der Waals surface area contributed by atoms with Gasteiger partial charge in [0.25, 0.3) is 11.7 Å². The molecule has 1 unspecified atom stereocenters. The molecule has 1 aliphatic heterocycles. The average Bonchev–Trinajstić information content (AvgIpc) is 3.17. The van der Waals surface area contributed by atoms with Gasteiger partial charge in [0.2, 0.25) is 0 Å². The normalized spacial score (nSPS) is 16.9. The van der Waals surface area contributed by atoms with Crippen molar-refractivity contribution in [2.24, 2.45) is 0 Å². The lowest BCUT2D eigenvalue weighted by atomic mass is 9.91. The lowest BCUT2D eigenvalue weighted by Gasteiger charge is -2.26. The Kier molecular flexibility index (Phi) is 6.78. The van der Waals surface area contributed by atoms with Crippen LogP contribution in [0.4, 0.5) is 0 Å². The van der Waals surface area contributed by atoms with Gasteiger partial charge in [0, 0.05) is 12.1 Å². The van der Waals surface area contributed by atoms with Crippen molar-refractivity contribution in [3.8, 4) is 5.75 Å². The fourth-order valence-corrected chi connectivity index (χ4v) is 5.01. The summed E-state index contributed by atoms with van der Waals surface area (Å²) in [6.07, 6.45) is 0.695. The number of hydrogen-bond acceptors (Lipinski definition) is 4. The summed E-state index contributed by atoms with van der Waals surface area (Å²) in [6.45, 7) is 4.71. The summed E-state index contributed by atoms with van der Waals surface area (Å²) in [5.41, 5.74) is 3.30. The molecule has 1 amide bonds. The first kappa shape index (κ1) is 24.3. The highest BCUT2D eigenvalue weighted by atomic mass is 16.5. The molecule has 1 saturated heterocycles. The number of ether oxygens (including phenoxy) is 1. The minimum Gasteiger partial charge on any atom is -0.507 e. The van der Waals surface area contributed by atoms with Crippen LogP contribution in [0, 0.1) is 6.92 Å². The van der Waals surface area contributed by atoms with E-state index in [4.69, 9.17) is 4.74 Å². The van der Waals surface area contributed by atoms with Crippen LogP contribution in [-0.4, -0.2) is 28.2 Å². The predicted octanol–water partition coefficient (Wildman–Crippen LogP) is 6.56. The third-order valence-corrected chi connectivity index (χ3v) is 6.81. The molecule has 5 heteroatoms. The van der Waals surface area contributed by atoms with Crippen molar-refractivity contribution in [1.29, 1.82) is 0 Å². The summed E-state index contributed by atoms with van der Waals surface area (Å²) in [5.74, 6) is -0.725. The monoisotopic (exact) mass is 491 g/mol. The van der Waals surface area contributed by atoms with Gasteiger partial charge in [-0.2, -0.15) is 0 Å². The van der Waals surface area contributed by atoms with Crippen molar-refractivity contribution in [3.05, 3.63) is 119 Å². The first-order valence-electron chi connectivity index (χ1n) is 12.5. The Bertz CT molecular complexity index is 1500. The second kappa shape index (κ2) is 10.3. The summed E-state index contributed by atoms with van der Waals surface area (Å²) in [7, 11) is 0. The number of aryl methyl sites for hydroxylation is 1. The maximum absolute atomic E-state index is 13.3. The van der Waals surface area contributed by atoms with E-state index in [1.54, 1.807) is 23.1 Å². The lowest BCUT2D eigenvalue weighted by Crippen LogP contribution is -2.30.